The molecule has 1 heteroatoms. The molecular weight excluding hydrogens is 544 g/mol. The van der Waals surface area contributed by atoms with Crippen LogP contribution in [-0.2, 0) is 0 Å². The highest BCUT2D eigenvalue weighted by molar-refractivity contribution is 6.27. The molecule has 1 nitrogen and oxygen atoms in total. The number of hydrogen-bond donors (Lipinski definition) is 0. The van der Waals surface area contributed by atoms with E-state index in [1.165, 1.54) is 65.2 Å². The van der Waals surface area contributed by atoms with Crippen molar-refractivity contribution in [2.75, 3.05) is 0 Å². The van der Waals surface area contributed by atoms with E-state index >= 15 is 0 Å². The molecule has 0 radical (unpaired) electrons. The number of furan rings is 1. The molecule has 9 aromatic carbocycles. The quantitative estimate of drug-likeness (QED) is 0.149. The molecular formula is C44H26O. The zero-order valence-electron chi connectivity index (χ0n) is 24.4. The van der Waals surface area contributed by atoms with Crippen molar-refractivity contribution in [1.29, 1.82) is 0 Å². The van der Waals surface area contributed by atoms with Crippen LogP contribution in [-0.4, -0.2) is 0 Å². The van der Waals surface area contributed by atoms with Crippen molar-refractivity contribution in [3.63, 3.8) is 0 Å². The Bertz CT molecular complexity index is 2810. The van der Waals surface area contributed by atoms with E-state index in [-0.39, 0.29) is 0 Å². The first kappa shape index (κ1) is 24.5. The van der Waals surface area contributed by atoms with Gasteiger partial charge in [-0.25, -0.2) is 0 Å². The van der Waals surface area contributed by atoms with Crippen LogP contribution < -0.4 is 0 Å². The lowest BCUT2D eigenvalue weighted by Crippen LogP contribution is -1.90. The number of hydrogen-bond acceptors (Lipinski definition) is 1. The van der Waals surface area contributed by atoms with Gasteiger partial charge in [-0.15, -0.1) is 0 Å². The van der Waals surface area contributed by atoms with E-state index < -0.39 is 0 Å². The highest BCUT2D eigenvalue weighted by Gasteiger charge is 2.21. The van der Waals surface area contributed by atoms with Crippen molar-refractivity contribution in [3.8, 4) is 22.3 Å². The molecule has 0 spiro atoms. The van der Waals surface area contributed by atoms with E-state index in [4.69, 9.17) is 4.42 Å². The van der Waals surface area contributed by atoms with Crippen LogP contribution in [0.1, 0.15) is 0 Å². The van der Waals surface area contributed by atoms with Crippen molar-refractivity contribution in [2.45, 2.75) is 0 Å². The van der Waals surface area contributed by atoms with E-state index in [1.54, 1.807) is 0 Å². The lowest BCUT2D eigenvalue weighted by atomic mass is 9.86. The zero-order chi connectivity index (χ0) is 29.5. The SMILES string of the molecule is c1ccc2c(-c3cc(-c4c5ccccc5cc5c4ccc4ccccc45)c4c(c3)oc3c5ccccc5ccc34)cccc2c1. The first-order valence-electron chi connectivity index (χ1n) is 15.5. The van der Waals surface area contributed by atoms with Crippen LogP contribution in [0.25, 0.3) is 98.1 Å². The minimum atomic E-state index is 0.906. The molecule has 0 aliphatic carbocycles. The van der Waals surface area contributed by atoms with Gasteiger partial charge in [0, 0.05) is 16.2 Å². The Balaban J connectivity index is 1.43. The van der Waals surface area contributed by atoms with Crippen LogP contribution in [0.15, 0.2) is 162 Å². The predicted octanol–water partition coefficient (Wildman–Crippen LogP) is 12.7. The molecule has 0 N–H and O–H groups in total. The minimum Gasteiger partial charge on any atom is -0.455 e. The molecule has 10 aromatic rings. The molecule has 0 fully saturated rings. The van der Waals surface area contributed by atoms with Gasteiger partial charge in [-0.2, -0.15) is 0 Å². The minimum absolute atomic E-state index is 0.906. The average Bonchev–Trinajstić information content (AvgIpc) is 3.49. The highest BCUT2D eigenvalue weighted by atomic mass is 16.3. The second kappa shape index (κ2) is 9.29. The summed E-state index contributed by atoms with van der Waals surface area (Å²) < 4.78 is 6.90. The molecule has 0 aliphatic heterocycles. The van der Waals surface area contributed by atoms with Crippen LogP contribution in [0.4, 0.5) is 0 Å². The van der Waals surface area contributed by atoms with Gasteiger partial charge in [-0.05, 0) is 95.0 Å². The summed E-state index contributed by atoms with van der Waals surface area (Å²) in [5.74, 6) is 0. The Kier molecular flexibility index (Phi) is 5.06. The fourth-order valence-electron chi connectivity index (χ4n) is 7.57. The Hall–Kier alpha value is -5.92. The van der Waals surface area contributed by atoms with E-state index in [0.717, 1.165) is 32.9 Å². The fraction of sp³-hybridized carbons (Fsp3) is 0. The highest BCUT2D eigenvalue weighted by Crippen LogP contribution is 2.47. The largest absolute Gasteiger partial charge is 0.455 e. The van der Waals surface area contributed by atoms with Crippen LogP contribution in [0, 0.1) is 0 Å². The Morgan fingerprint density at radius 2 is 0.933 bits per heavy atom. The Morgan fingerprint density at radius 3 is 1.73 bits per heavy atom. The van der Waals surface area contributed by atoms with Crippen molar-refractivity contribution in [1.82, 2.24) is 0 Å². The average molecular weight is 571 g/mol. The molecule has 45 heavy (non-hydrogen) atoms. The van der Waals surface area contributed by atoms with Gasteiger partial charge in [0.2, 0.25) is 0 Å². The maximum Gasteiger partial charge on any atom is 0.143 e. The number of benzene rings is 9. The summed E-state index contributed by atoms with van der Waals surface area (Å²) in [5.41, 5.74) is 6.65. The molecule has 0 amide bonds. The predicted molar refractivity (Wildman–Crippen MR) is 192 cm³/mol. The maximum absolute atomic E-state index is 6.90. The number of rotatable bonds is 2. The second-order valence-electron chi connectivity index (χ2n) is 12.0. The second-order valence-corrected chi connectivity index (χ2v) is 12.0. The lowest BCUT2D eigenvalue weighted by Gasteiger charge is -2.16. The summed E-state index contributed by atoms with van der Waals surface area (Å²) in [6.07, 6.45) is 0. The molecule has 1 aromatic heterocycles. The van der Waals surface area contributed by atoms with E-state index in [2.05, 4.69) is 158 Å². The molecule has 0 unspecified atom stereocenters. The van der Waals surface area contributed by atoms with Gasteiger partial charge in [0.25, 0.3) is 0 Å². The molecule has 10 rings (SSSR count). The van der Waals surface area contributed by atoms with Gasteiger partial charge in [0.15, 0.2) is 0 Å². The summed E-state index contributed by atoms with van der Waals surface area (Å²) in [6, 6.07) is 57.4. The number of fused-ring (bicyclic) bond motifs is 10. The molecule has 0 bridgehead atoms. The lowest BCUT2D eigenvalue weighted by molar-refractivity contribution is 0.673. The smallest absolute Gasteiger partial charge is 0.143 e. The molecule has 0 saturated carbocycles. The molecule has 0 saturated heterocycles. The molecule has 1 heterocycles. The summed E-state index contributed by atoms with van der Waals surface area (Å²) in [4.78, 5) is 0. The van der Waals surface area contributed by atoms with Crippen molar-refractivity contribution < 1.29 is 4.42 Å². The summed E-state index contributed by atoms with van der Waals surface area (Å²) in [7, 11) is 0. The topological polar surface area (TPSA) is 13.1 Å². The normalized spacial score (nSPS) is 12.0. The summed E-state index contributed by atoms with van der Waals surface area (Å²) in [5, 5.41) is 14.6. The van der Waals surface area contributed by atoms with Gasteiger partial charge in [0.1, 0.15) is 11.2 Å². The third-order valence-electron chi connectivity index (χ3n) is 9.60. The third-order valence-corrected chi connectivity index (χ3v) is 9.60. The molecule has 0 aliphatic rings. The fourth-order valence-corrected chi connectivity index (χ4v) is 7.57. The maximum atomic E-state index is 6.90. The van der Waals surface area contributed by atoms with Gasteiger partial charge >= 0.3 is 0 Å². The van der Waals surface area contributed by atoms with E-state index in [0.29, 0.717) is 0 Å². The van der Waals surface area contributed by atoms with Crippen LogP contribution in [0.5, 0.6) is 0 Å². The van der Waals surface area contributed by atoms with Gasteiger partial charge in [0.05, 0.1) is 0 Å². The monoisotopic (exact) mass is 570 g/mol. The van der Waals surface area contributed by atoms with Crippen LogP contribution in [0.2, 0.25) is 0 Å². The molecule has 208 valence electrons. The first-order chi connectivity index (χ1) is 22.3. The van der Waals surface area contributed by atoms with E-state index in [9.17, 15) is 0 Å². The third kappa shape index (κ3) is 3.56. The van der Waals surface area contributed by atoms with Gasteiger partial charge in [-0.1, -0.05) is 133 Å². The Morgan fingerprint density at radius 1 is 0.333 bits per heavy atom. The van der Waals surface area contributed by atoms with Gasteiger partial charge < -0.3 is 4.42 Å². The zero-order valence-corrected chi connectivity index (χ0v) is 24.4. The standard InChI is InChI=1S/C44H26O/c1-5-15-32-27(10-1)14-9-19-34(32)31-25-40(43-38-23-21-29-12-3-8-18-36(29)44(38)45-41(43)26-31)42-35-17-7-4-13-30(35)24-39-33-16-6-2-11-28(33)20-22-37(39)42/h1-26H. The van der Waals surface area contributed by atoms with Crippen molar-refractivity contribution in [2.24, 2.45) is 0 Å². The van der Waals surface area contributed by atoms with Crippen molar-refractivity contribution >= 4 is 75.8 Å². The van der Waals surface area contributed by atoms with Crippen LogP contribution in [0.3, 0.4) is 0 Å². The Labute approximate surface area is 259 Å². The summed E-state index contributed by atoms with van der Waals surface area (Å²) >= 11 is 0. The van der Waals surface area contributed by atoms with E-state index in [1.807, 2.05) is 0 Å². The molecule has 0 atom stereocenters. The summed E-state index contributed by atoms with van der Waals surface area (Å²) in [6.45, 7) is 0. The van der Waals surface area contributed by atoms with Crippen molar-refractivity contribution in [3.05, 3.63) is 158 Å². The van der Waals surface area contributed by atoms with Crippen LogP contribution >= 0.6 is 0 Å². The van der Waals surface area contributed by atoms with Gasteiger partial charge in [-0.3, -0.25) is 0 Å². The first-order valence-corrected chi connectivity index (χ1v) is 15.5.